The molecule has 0 fully saturated rings. The van der Waals surface area contributed by atoms with Crippen LogP contribution >= 0.6 is 27.7 Å². The van der Waals surface area contributed by atoms with E-state index in [0.29, 0.717) is 15.5 Å². The third kappa shape index (κ3) is 19.1. The topological polar surface area (TPSA) is 0 Å². The van der Waals surface area contributed by atoms with Crippen molar-refractivity contribution in [3.8, 4) is 0 Å². The van der Waals surface area contributed by atoms with E-state index >= 15 is 0 Å². The second kappa shape index (κ2) is 22.1. The molecule has 0 bridgehead atoms. The summed E-state index contributed by atoms with van der Waals surface area (Å²) in [6, 6.07) is 0. The van der Waals surface area contributed by atoms with E-state index in [2.05, 4.69) is 62.3 Å². The van der Waals surface area contributed by atoms with Crippen LogP contribution in [0, 0.1) is 0 Å². The zero-order valence-electron chi connectivity index (χ0n) is 25.2. The van der Waals surface area contributed by atoms with Crippen molar-refractivity contribution in [3.05, 3.63) is 0 Å². The number of unbranched alkanes of at least 4 members (excludes halogenated alkanes) is 8. The summed E-state index contributed by atoms with van der Waals surface area (Å²) in [4.78, 5) is 0. The Hall–Kier alpha value is 1.29. The molecule has 0 saturated carbocycles. The van der Waals surface area contributed by atoms with Crippen LogP contribution in [0.25, 0.3) is 0 Å². The lowest BCUT2D eigenvalue weighted by molar-refractivity contribution is 0.386. The summed E-state index contributed by atoms with van der Waals surface area (Å²) < 4.78 is 0. The first-order valence-electron chi connectivity index (χ1n) is 16.1. The maximum absolute atomic E-state index is 3.34. The highest BCUT2D eigenvalue weighted by Crippen LogP contribution is 2.40. The summed E-state index contributed by atoms with van der Waals surface area (Å²) in [7, 11) is 9.94. The van der Waals surface area contributed by atoms with Crippen LogP contribution in [0.2, 0.25) is 0 Å². The molecule has 0 N–H and O–H groups in total. The third-order valence-electron chi connectivity index (χ3n) is 8.56. The van der Waals surface area contributed by atoms with Crippen molar-refractivity contribution in [1.82, 2.24) is 0 Å². The largest absolute Gasteiger partial charge is 0.131 e. The fourth-order valence-electron chi connectivity index (χ4n) is 6.00. The molecule has 0 aromatic rings. The first-order chi connectivity index (χ1) is 16.7. The van der Waals surface area contributed by atoms with Gasteiger partial charge in [0, 0.05) is 0 Å². The van der Waals surface area contributed by atoms with Crippen LogP contribution in [0.4, 0.5) is 0 Å². The predicted octanol–water partition coefficient (Wildman–Crippen LogP) is 12.3. The first kappa shape index (κ1) is 36.3. The van der Waals surface area contributed by atoms with Gasteiger partial charge >= 0.3 is 0 Å². The summed E-state index contributed by atoms with van der Waals surface area (Å²) >= 11 is 0. The van der Waals surface area contributed by atoms with Crippen molar-refractivity contribution in [2.45, 2.75) is 204 Å². The molecular formula is C32H69P3. The zero-order chi connectivity index (χ0) is 26.5. The number of rotatable bonds is 26. The van der Waals surface area contributed by atoms with Crippen LogP contribution in [0.3, 0.4) is 0 Å². The maximum atomic E-state index is 3.34. The lowest BCUT2D eigenvalue weighted by Gasteiger charge is -2.32. The molecule has 212 valence electrons. The van der Waals surface area contributed by atoms with Gasteiger partial charge in [0.05, 0.1) is 0 Å². The Morgan fingerprint density at radius 1 is 0.286 bits per heavy atom. The van der Waals surface area contributed by atoms with E-state index in [1.165, 1.54) is 154 Å². The van der Waals surface area contributed by atoms with Crippen LogP contribution < -0.4 is 0 Å². The molecular weight excluding hydrogens is 477 g/mol. The van der Waals surface area contributed by atoms with Gasteiger partial charge in [0.2, 0.25) is 0 Å². The molecule has 0 heterocycles. The Morgan fingerprint density at radius 2 is 0.514 bits per heavy atom. The van der Waals surface area contributed by atoms with E-state index in [1.54, 1.807) is 0 Å². The summed E-state index contributed by atoms with van der Waals surface area (Å²) in [5.41, 5.74) is 0. The average Bonchev–Trinajstić information content (AvgIpc) is 2.84. The highest BCUT2D eigenvalue weighted by molar-refractivity contribution is 7.19. The summed E-state index contributed by atoms with van der Waals surface area (Å²) in [6.07, 6.45) is 33.5. The standard InChI is InChI=1S/C32H69P3/c1-6-11-22-31(34,23-12-7-2)28-19-15-17-26-30(33,21-10-5)27-18-16-20-29-32(35,24-13-8-3)25-14-9-4/h6-29,33-35H2,1-5H3. The second-order valence-electron chi connectivity index (χ2n) is 12.4. The molecule has 0 aliphatic rings. The molecule has 0 nitrogen and oxygen atoms in total. The Kier molecular flexibility index (Phi) is 23.0. The molecule has 0 spiro atoms. The molecule has 0 amide bonds. The van der Waals surface area contributed by atoms with E-state index in [9.17, 15) is 0 Å². The summed E-state index contributed by atoms with van der Waals surface area (Å²) in [6.45, 7) is 11.7. The molecule has 3 atom stereocenters. The summed E-state index contributed by atoms with van der Waals surface area (Å²) in [5, 5.41) is 1.54. The molecule has 0 aliphatic carbocycles. The molecule has 0 aromatic heterocycles. The minimum absolute atomic E-state index is 0.500. The predicted molar refractivity (Wildman–Crippen MR) is 177 cm³/mol. The SMILES string of the molecule is CCCCC(P)(CCCC)CCCCCC(P)(CCC)CCCCCC(P)(CCCC)CCCC. The first-order valence-corrected chi connectivity index (χ1v) is 17.8. The van der Waals surface area contributed by atoms with Gasteiger partial charge in [0.25, 0.3) is 0 Å². The lowest BCUT2D eigenvalue weighted by Crippen LogP contribution is -2.22. The Bertz CT molecular complexity index is 410. The molecule has 0 aliphatic heterocycles. The van der Waals surface area contributed by atoms with Gasteiger partial charge in [-0.05, 0) is 73.3 Å². The number of hydrogen-bond donors (Lipinski definition) is 0. The monoisotopic (exact) mass is 546 g/mol. The quantitative estimate of drug-likeness (QED) is 0.0747. The van der Waals surface area contributed by atoms with Crippen molar-refractivity contribution < 1.29 is 0 Å². The Morgan fingerprint density at radius 3 is 0.743 bits per heavy atom. The fourth-order valence-corrected chi connectivity index (χ4v) is 7.92. The van der Waals surface area contributed by atoms with Crippen molar-refractivity contribution in [2.75, 3.05) is 0 Å². The van der Waals surface area contributed by atoms with E-state index in [4.69, 9.17) is 0 Å². The van der Waals surface area contributed by atoms with Crippen LogP contribution in [-0.4, -0.2) is 15.5 Å². The highest BCUT2D eigenvalue weighted by Gasteiger charge is 2.26. The van der Waals surface area contributed by atoms with Crippen LogP contribution in [0.5, 0.6) is 0 Å². The van der Waals surface area contributed by atoms with Gasteiger partial charge in [-0.25, -0.2) is 0 Å². The molecule has 35 heavy (non-hydrogen) atoms. The normalized spacial score (nSPS) is 13.0. The smallest absolute Gasteiger partial charge is 0.0150 e. The zero-order valence-corrected chi connectivity index (χ0v) is 28.7. The van der Waals surface area contributed by atoms with Gasteiger partial charge in [0.1, 0.15) is 0 Å². The molecule has 0 aromatic carbocycles. The van der Waals surface area contributed by atoms with Gasteiger partial charge in [-0.15, -0.1) is 27.7 Å². The van der Waals surface area contributed by atoms with E-state index in [-0.39, 0.29) is 0 Å². The minimum atomic E-state index is 0.500. The minimum Gasteiger partial charge on any atom is -0.131 e. The molecule has 0 rings (SSSR count). The third-order valence-corrected chi connectivity index (χ3v) is 11.2. The van der Waals surface area contributed by atoms with Gasteiger partial charge in [-0.2, -0.15) is 0 Å². The fraction of sp³-hybridized carbons (Fsp3) is 1.00. The van der Waals surface area contributed by atoms with Crippen LogP contribution in [0.1, 0.15) is 189 Å². The van der Waals surface area contributed by atoms with E-state index in [1.807, 2.05) is 0 Å². The van der Waals surface area contributed by atoms with Gasteiger partial charge < -0.3 is 0 Å². The van der Waals surface area contributed by atoms with Gasteiger partial charge in [0.15, 0.2) is 0 Å². The molecule has 3 heteroatoms. The van der Waals surface area contributed by atoms with E-state index < -0.39 is 0 Å². The van der Waals surface area contributed by atoms with Crippen molar-refractivity contribution in [3.63, 3.8) is 0 Å². The Labute approximate surface area is 231 Å². The van der Waals surface area contributed by atoms with E-state index in [0.717, 1.165) is 0 Å². The maximum Gasteiger partial charge on any atom is -0.0150 e. The van der Waals surface area contributed by atoms with Crippen LogP contribution in [0.15, 0.2) is 0 Å². The number of hydrogen-bond acceptors (Lipinski definition) is 0. The van der Waals surface area contributed by atoms with Crippen LogP contribution in [-0.2, 0) is 0 Å². The molecule has 0 radical (unpaired) electrons. The molecule has 3 unspecified atom stereocenters. The average molecular weight is 547 g/mol. The van der Waals surface area contributed by atoms with Gasteiger partial charge in [-0.1, -0.05) is 131 Å². The lowest BCUT2D eigenvalue weighted by atomic mass is 9.86. The summed E-state index contributed by atoms with van der Waals surface area (Å²) in [5.74, 6) is 0. The van der Waals surface area contributed by atoms with Gasteiger partial charge in [-0.3, -0.25) is 0 Å². The van der Waals surface area contributed by atoms with Crippen molar-refractivity contribution in [1.29, 1.82) is 0 Å². The highest BCUT2D eigenvalue weighted by atomic mass is 31.0. The molecule has 0 saturated heterocycles. The second-order valence-corrected chi connectivity index (χ2v) is 16.0. The Balaban J connectivity index is 4.41. The van der Waals surface area contributed by atoms with Crippen molar-refractivity contribution >= 4 is 27.7 Å². The van der Waals surface area contributed by atoms with Crippen molar-refractivity contribution in [2.24, 2.45) is 0 Å².